The number of fused-ring (bicyclic) bond motifs is 1. The summed E-state index contributed by atoms with van der Waals surface area (Å²) in [5, 5.41) is 12.7. The molecule has 1 unspecified atom stereocenters. The first-order valence-corrected chi connectivity index (χ1v) is 11.6. The molecule has 2 heterocycles. The van der Waals surface area contributed by atoms with Gasteiger partial charge in [0.15, 0.2) is 0 Å². The number of amides is 2. The van der Waals surface area contributed by atoms with E-state index < -0.39 is 5.41 Å². The van der Waals surface area contributed by atoms with E-state index in [-0.39, 0.29) is 17.9 Å². The van der Waals surface area contributed by atoms with Crippen molar-refractivity contribution in [1.82, 2.24) is 9.80 Å². The van der Waals surface area contributed by atoms with Crippen molar-refractivity contribution in [3.8, 4) is 6.07 Å². The quantitative estimate of drug-likeness (QED) is 0.754. The summed E-state index contributed by atoms with van der Waals surface area (Å²) >= 11 is 0. The molecule has 1 fully saturated rings. The molecular weight excluding hydrogens is 426 g/mol. The van der Waals surface area contributed by atoms with Crippen LogP contribution in [0, 0.1) is 16.7 Å². The third-order valence-electron chi connectivity index (χ3n) is 6.43. The third kappa shape index (κ3) is 4.68. The number of carbonyl (C=O) groups excluding carboxylic acids is 2. The van der Waals surface area contributed by atoms with Gasteiger partial charge in [-0.05, 0) is 35.9 Å². The maximum Gasteiger partial charge on any atom is 0.257 e. The fourth-order valence-electron chi connectivity index (χ4n) is 4.38. The number of benzene rings is 2. The van der Waals surface area contributed by atoms with Crippen LogP contribution in [0.25, 0.3) is 0 Å². The average Bonchev–Trinajstić information content (AvgIpc) is 2.95. The molecule has 176 valence electrons. The van der Waals surface area contributed by atoms with E-state index in [1.54, 1.807) is 18.0 Å². The molecular formula is C27H31N5O2. The van der Waals surface area contributed by atoms with E-state index in [0.29, 0.717) is 11.3 Å². The summed E-state index contributed by atoms with van der Waals surface area (Å²) in [6.07, 6.45) is 3.95. The van der Waals surface area contributed by atoms with Crippen molar-refractivity contribution >= 4 is 23.2 Å². The van der Waals surface area contributed by atoms with Gasteiger partial charge in [0, 0.05) is 56.1 Å². The molecule has 1 atom stereocenters. The van der Waals surface area contributed by atoms with Gasteiger partial charge in [-0.25, -0.2) is 0 Å². The van der Waals surface area contributed by atoms with Gasteiger partial charge in [0.1, 0.15) is 6.07 Å². The summed E-state index contributed by atoms with van der Waals surface area (Å²) in [6, 6.07) is 15.7. The molecule has 0 aromatic heterocycles. The van der Waals surface area contributed by atoms with Crippen LogP contribution in [-0.4, -0.2) is 54.8 Å². The molecule has 2 aliphatic heterocycles. The predicted octanol–water partition coefficient (Wildman–Crippen LogP) is 4.01. The molecule has 34 heavy (non-hydrogen) atoms. The van der Waals surface area contributed by atoms with E-state index in [4.69, 9.17) is 0 Å². The Morgan fingerprint density at radius 2 is 1.79 bits per heavy atom. The molecule has 7 heteroatoms. The van der Waals surface area contributed by atoms with Gasteiger partial charge in [-0.3, -0.25) is 14.5 Å². The zero-order valence-electron chi connectivity index (χ0n) is 20.2. The van der Waals surface area contributed by atoms with Crippen LogP contribution >= 0.6 is 0 Å². The lowest BCUT2D eigenvalue weighted by atomic mass is 9.95. The van der Waals surface area contributed by atoms with E-state index in [9.17, 15) is 14.9 Å². The van der Waals surface area contributed by atoms with Crippen molar-refractivity contribution < 1.29 is 9.59 Å². The number of hydrogen-bond acceptors (Lipinski definition) is 5. The van der Waals surface area contributed by atoms with Crippen LogP contribution in [0.3, 0.4) is 0 Å². The molecule has 7 nitrogen and oxygen atoms in total. The van der Waals surface area contributed by atoms with Crippen LogP contribution in [0.4, 0.5) is 11.4 Å². The highest BCUT2D eigenvalue weighted by atomic mass is 16.2. The first kappa shape index (κ1) is 23.5. The molecule has 0 spiro atoms. The summed E-state index contributed by atoms with van der Waals surface area (Å²) in [4.78, 5) is 31.3. The summed E-state index contributed by atoms with van der Waals surface area (Å²) in [6.45, 7) is 8.70. The minimum Gasteiger partial charge on any atom is -0.368 e. The van der Waals surface area contributed by atoms with Crippen molar-refractivity contribution in [3.63, 3.8) is 0 Å². The second-order valence-electron chi connectivity index (χ2n) is 9.86. The van der Waals surface area contributed by atoms with Crippen molar-refractivity contribution in [3.05, 3.63) is 71.4 Å². The maximum absolute atomic E-state index is 12.7. The molecule has 4 rings (SSSR count). The Labute approximate surface area is 201 Å². The van der Waals surface area contributed by atoms with Crippen molar-refractivity contribution in [1.29, 1.82) is 5.26 Å². The highest BCUT2D eigenvalue weighted by Crippen LogP contribution is 2.32. The standard InChI is InChI=1S/C27H31N5O2/c1-27(2,3)26(34)29-20-9-10-23(19(17-20)18-28)31-13-15-32(16-14-31)24-11-12-30(4)25(33)22-8-6-5-7-21(22)24/h5-12,17,24H,13-16H2,1-4H3,(H,29,34). The Bertz CT molecular complexity index is 1170. The van der Waals surface area contributed by atoms with Gasteiger partial charge < -0.3 is 15.1 Å². The van der Waals surface area contributed by atoms with E-state index in [2.05, 4.69) is 27.3 Å². The maximum atomic E-state index is 12.7. The van der Waals surface area contributed by atoms with Gasteiger partial charge in [0.25, 0.3) is 5.91 Å². The van der Waals surface area contributed by atoms with Crippen molar-refractivity contribution in [2.75, 3.05) is 43.4 Å². The van der Waals surface area contributed by atoms with E-state index in [1.807, 2.05) is 63.4 Å². The normalized spacial score (nSPS) is 18.8. The Morgan fingerprint density at radius 3 is 2.47 bits per heavy atom. The van der Waals surface area contributed by atoms with Crippen LogP contribution in [0.1, 0.15) is 48.3 Å². The second kappa shape index (κ2) is 9.32. The minimum absolute atomic E-state index is 0.00490. The van der Waals surface area contributed by atoms with Crippen molar-refractivity contribution in [2.24, 2.45) is 5.41 Å². The number of anilines is 2. The lowest BCUT2D eigenvalue weighted by molar-refractivity contribution is -0.123. The molecule has 2 amide bonds. The number of nitrogens with zero attached hydrogens (tertiary/aromatic N) is 4. The summed E-state index contributed by atoms with van der Waals surface area (Å²) < 4.78 is 0. The van der Waals surface area contributed by atoms with E-state index in [1.165, 1.54) is 0 Å². The number of carbonyl (C=O) groups is 2. The fraction of sp³-hybridized carbons (Fsp3) is 0.370. The smallest absolute Gasteiger partial charge is 0.257 e. The van der Waals surface area contributed by atoms with Gasteiger partial charge in [0.05, 0.1) is 17.3 Å². The third-order valence-corrected chi connectivity index (χ3v) is 6.43. The number of hydrogen-bond donors (Lipinski definition) is 1. The van der Waals surface area contributed by atoms with Crippen LogP contribution in [0.5, 0.6) is 0 Å². The largest absolute Gasteiger partial charge is 0.368 e. The number of nitriles is 1. The molecule has 0 aliphatic carbocycles. The van der Waals surface area contributed by atoms with Crippen molar-refractivity contribution in [2.45, 2.75) is 26.8 Å². The number of piperazine rings is 1. The van der Waals surface area contributed by atoms with Crippen LogP contribution in [0.15, 0.2) is 54.7 Å². The Hall–Kier alpha value is -3.63. The van der Waals surface area contributed by atoms with Crippen LogP contribution < -0.4 is 10.2 Å². The number of rotatable bonds is 3. The molecule has 0 radical (unpaired) electrons. The number of nitrogens with one attached hydrogen (secondary N) is 1. The topological polar surface area (TPSA) is 79.7 Å². The highest BCUT2D eigenvalue weighted by molar-refractivity contribution is 5.97. The Kier molecular flexibility index (Phi) is 6.45. The van der Waals surface area contributed by atoms with Gasteiger partial charge in [-0.15, -0.1) is 0 Å². The SMILES string of the molecule is CN1C=CC(N2CCN(c3ccc(NC(=O)C(C)(C)C)cc3C#N)CC2)c2ccccc2C1=O. The first-order valence-electron chi connectivity index (χ1n) is 11.6. The monoisotopic (exact) mass is 457 g/mol. The molecule has 0 saturated carbocycles. The molecule has 0 bridgehead atoms. The van der Waals surface area contributed by atoms with Gasteiger partial charge in [-0.1, -0.05) is 39.0 Å². The van der Waals surface area contributed by atoms with Gasteiger partial charge in [0.2, 0.25) is 5.91 Å². The highest BCUT2D eigenvalue weighted by Gasteiger charge is 2.30. The Morgan fingerprint density at radius 1 is 1.09 bits per heavy atom. The zero-order chi connectivity index (χ0) is 24.5. The summed E-state index contributed by atoms with van der Waals surface area (Å²) in [5.74, 6) is -0.0797. The molecule has 2 aromatic carbocycles. The van der Waals surface area contributed by atoms with E-state index in [0.717, 1.165) is 43.0 Å². The van der Waals surface area contributed by atoms with E-state index >= 15 is 0 Å². The minimum atomic E-state index is -0.508. The molecule has 1 saturated heterocycles. The summed E-state index contributed by atoms with van der Waals surface area (Å²) in [5.41, 5.74) is 3.31. The lowest BCUT2D eigenvalue weighted by Crippen LogP contribution is -2.47. The molecule has 2 aromatic rings. The first-order chi connectivity index (χ1) is 16.2. The van der Waals surface area contributed by atoms with Crippen LogP contribution in [0.2, 0.25) is 0 Å². The molecule has 1 N–H and O–H groups in total. The lowest BCUT2D eigenvalue weighted by Gasteiger charge is -2.39. The fourth-order valence-corrected chi connectivity index (χ4v) is 4.38. The second-order valence-corrected chi connectivity index (χ2v) is 9.86. The molecule has 2 aliphatic rings. The predicted molar refractivity (Wildman–Crippen MR) is 133 cm³/mol. The zero-order valence-corrected chi connectivity index (χ0v) is 20.2. The Balaban J connectivity index is 1.50. The van der Waals surface area contributed by atoms with Crippen LogP contribution in [-0.2, 0) is 4.79 Å². The van der Waals surface area contributed by atoms with Gasteiger partial charge >= 0.3 is 0 Å². The van der Waals surface area contributed by atoms with Gasteiger partial charge in [-0.2, -0.15) is 5.26 Å². The summed E-state index contributed by atoms with van der Waals surface area (Å²) in [7, 11) is 1.78. The average molecular weight is 458 g/mol.